The number of nitrogens with zero attached hydrogens (tertiary/aromatic N) is 2. The van der Waals surface area contributed by atoms with E-state index in [4.69, 9.17) is 4.74 Å². The number of rotatable bonds is 14. The number of anilines is 1. The van der Waals surface area contributed by atoms with Gasteiger partial charge in [-0.15, -0.1) is 24.9 Å². The third-order valence-electron chi connectivity index (χ3n) is 8.39. The van der Waals surface area contributed by atoms with Crippen molar-refractivity contribution in [3.8, 4) is 0 Å². The minimum atomic E-state index is -0.686. The molecule has 8 heteroatoms. The van der Waals surface area contributed by atoms with Gasteiger partial charge in [0.15, 0.2) is 0 Å². The van der Waals surface area contributed by atoms with Gasteiger partial charge in [-0.05, 0) is 76.0 Å². The Morgan fingerprint density at radius 2 is 2.00 bits per heavy atom. The second-order valence-corrected chi connectivity index (χ2v) is 12.6. The van der Waals surface area contributed by atoms with E-state index in [2.05, 4.69) is 13.2 Å². The molecule has 0 radical (unpaired) electrons. The molecule has 1 N–H and O–H groups in total. The number of aliphatic hydroxyl groups is 1. The van der Waals surface area contributed by atoms with Crippen molar-refractivity contribution in [1.29, 1.82) is 0 Å². The van der Waals surface area contributed by atoms with Gasteiger partial charge < -0.3 is 19.6 Å². The van der Waals surface area contributed by atoms with Gasteiger partial charge in [-0.1, -0.05) is 24.3 Å². The Balaban J connectivity index is 1.67. The maximum absolute atomic E-state index is 14.6. The number of amides is 2. The van der Waals surface area contributed by atoms with Crippen LogP contribution in [-0.2, 0) is 19.1 Å². The molecule has 2 amide bonds. The molecule has 3 fully saturated rings. The fourth-order valence-corrected chi connectivity index (χ4v) is 8.79. The third kappa shape index (κ3) is 5.55. The summed E-state index contributed by atoms with van der Waals surface area (Å²) in [5.41, 5.74) is 2.83. The lowest BCUT2D eigenvalue weighted by Gasteiger charge is -2.37. The van der Waals surface area contributed by atoms with Gasteiger partial charge in [0.2, 0.25) is 5.91 Å². The van der Waals surface area contributed by atoms with E-state index in [0.717, 1.165) is 42.5 Å². The van der Waals surface area contributed by atoms with E-state index in [1.54, 1.807) is 27.6 Å². The van der Waals surface area contributed by atoms with E-state index in [9.17, 15) is 19.5 Å². The summed E-state index contributed by atoms with van der Waals surface area (Å²) in [6, 6.07) is 5.34. The number of ether oxygens (including phenoxy) is 1. The Kier molecular flexibility index (Phi) is 9.60. The zero-order chi connectivity index (χ0) is 28.2. The minimum Gasteiger partial charge on any atom is -0.465 e. The molecule has 1 spiro atoms. The van der Waals surface area contributed by atoms with Crippen molar-refractivity contribution < 1.29 is 24.2 Å². The fraction of sp³-hybridized carbons (Fsp3) is 0.581. The van der Waals surface area contributed by atoms with Gasteiger partial charge in [-0.25, -0.2) is 0 Å². The summed E-state index contributed by atoms with van der Waals surface area (Å²) in [5, 5.41) is 9.38. The van der Waals surface area contributed by atoms with Gasteiger partial charge in [0, 0.05) is 30.6 Å². The van der Waals surface area contributed by atoms with Crippen LogP contribution in [0.25, 0.3) is 0 Å². The number of thioether (sulfide) groups is 1. The number of carbonyl (C=O) groups is 3. The quantitative estimate of drug-likeness (QED) is 0.206. The number of likely N-dealkylation sites (tertiary alicyclic amines) is 1. The average molecular weight is 555 g/mol. The summed E-state index contributed by atoms with van der Waals surface area (Å²) >= 11 is 1.66. The van der Waals surface area contributed by atoms with E-state index in [0.29, 0.717) is 39.0 Å². The highest BCUT2D eigenvalue weighted by Crippen LogP contribution is 2.66. The zero-order valence-electron chi connectivity index (χ0n) is 23.3. The number of unbranched alkanes of at least 4 members (excludes halogenated alkanes) is 3. The number of fused-ring (bicyclic) bond motifs is 1. The number of hydrogen-bond acceptors (Lipinski definition) is 6. The van der Waals surface area contributed by atoms with Crippen molar-refractivity contribution in [3.63, 3.8) is 0 Å². The van der Waals surface area contributed by atoms with E-state index >= 15 is 0 Å². The fourth-order valence-electron chi connectivity index (χ4n) is 6.59. The Labute approximate surface area is 236 Å². The Hall–Kier alpha value is -2.58. The molecule has 5 atom stereocenters. The van der Waals surface area contributed by atoms with Crippen LogP contribution in [0.15, 0.2) is 43.5 Å². The number of benzene rings is 1. The van der Waals surface area contributed by atoms with Crippen LogP contribution < -0.4 is 4.90 Å². The first-order valence-electron chi connectivity index (χ1n) is 14.2. The van der Waals surface area contributed by atoms with Gasteiger partial charge in [0.25, 0.3) is 5.91 Å². The first-order valence-corrected chi connectivity index (χ1v) is 15.0. The van der Waals surface area contributed by atoms with Crippen molar-refractivity contribution in [2.24, 2.45) is 11.8 Å². The molecular weight excluding hydrogens is 512 g/mol. The van der Waals surface area contributed by atoms with Crippen LogP contribution in [0.1, 0.15) is 56.1 Å². The molecule has 3 heterocycles. The van der Waals surface area contributed by atoms with Crippen molar-refractivity contribution in [3.05, 3.63) is 54.6 Å². The average Bonchev–Trinajstić information content (AvgIpc) is 3.56. The van der Waals surface area contributed by atoms with Gasteiger partial charge in [0.1, 0.15) is 6.04 Å². The van der Waals surface area contributed by atoms with E-state index in [-0.39, 0.29) is 29.6 Å². The van der Waals surface area contributed by atoms with Crippen LogP contribution in [0.3, 0.4) is 0 Å². The summed E-state index contributed by atoms with van der Waals surface area (Å²) in [4.78, 5) is 45.5. The molecule has 212 valence electrons. The van der Waals surface area contributed by atoms with Crippen LogP contribution in [0.2, 0.25) is 0 Å². The highest BCUT2D eigenvalue weighted by Gasteiger charge is 2.74. The lowest BCUT2D eigenvalue weighted by Crippen LogP contribution is -2.55. The van der Waals surface area contributed by atoms with Crippen LogP contribution in [0, 0.1) is 25.7 Å². The van der Waals surface area contributed by atoms with Crippen molar-refractivity contribution in [2.45, 2.75) is 74.8 Å². The molecule has 2 bridgehead atoms. The highest BCUT2D eigenvalue weighted by molar-refractivity contribution is 8.02. The Morgan fingerprint density at radius 1 is 1.21 bits per heavy atom. The van der Waals surface area contributed by atoms with E-state index < -0.39 is 22.6 Å². The number of esters is 1. The monoisotopic (exact) mass is 554 g/mol. The van der Waals surface area contributed by atoms with Gasteiger partial charge in [0.05, 0.1) is 23.2 Å². The molecule has 0 aromatic heterocycles. The normalized spacial score (nSPS) is 26.9. The van der Waals surface area contributed by atoms with Crippen LogP contribution in [0.4, 0.5) is 5.69 Å². The standard InChI is InChI=1S/C31H42N2O5S/c1-5-7-8-11-19-38-30(37)25-24-14-15-31(39-24)26(25)28(35)33(17-9-10-18-34)27(31)29(36)32(16-6-2)23-20-21(3)12-13-22(23)4/h5-6,12-13,20,24-27,34H,1-2,7-11,14-19H2,3-4H3/t24-,25+,26-,27?,31?/m0/s1. The van der Waals surface area contributed by atoms with Crippen LogP contribution >= 0.6 is 11.8 Å². The van der Waals surface area contributed by atoms with E-state index in [1.807, 2.05) is 38.1 Å². The number of allylic oxidation sites excluding steroid dienone is 1. The number of aryl methyl sites for hydroxylation is 2. The van der Waals surface area contributed by atoms with Crippen LogP contribution in [-0.4, -0.2) is 70.1 Å². The largest absolute Gasteiger partial charge is 0.465 e. The van der Waals surface area contributed by atoms with Crippen molar-refractivity contribution in [2.75, 3.05) is 31.2 Å². The zero-order valence-corrected chi connectivity index (χ0v) is 24.1. The Bertz CT molecular complexity index is 1110. The number of hydrogen-bond donors (Lipinski definition) is 1. The number of carbonyl (C=O) groups excluding carboxylic acids is 3. The molecule has 3 saturated heterocycles. The predicted octanol–water partition coefficient (Wildman–Crippen LogP) is 4.59. The van der Waals surface area contributed by atoms with Gasteiger partial charge >= 0.3 is 5.97 Å². The molecule has 39 heavy (non-hydrogen) atoms. The smallest absolute Gasteiger partial charge is 0.310 e. The SMILES string of the molecule is C=CCCCCOC(=O)[C@@H]1[C@@H]2CCC3(S2)C(C(=O)N(CC=C)c2cc(C)ccc2C)N(CCCCO)C(=O)[C@H]13. The Morgan fingerprint density at radius 3 is 2.72 bits per heavy atom. The summed E-state index contributed by atoms with van der Waals surface area (Å²) < 4.78 is 5.03. The summed E-state index contributed by atoms with van der Waals surface area (Å²) in [5.74, 6) is -1.69. The lowest BCUT2D eigenvalue weighted by atomic mass is 9.71. The molecular formula is C31H42N2O5S. The molecule has 0 aliphatic carbocycles. The first-order chi connectivity index (χ1) is 18.8. The molecule has 0 saturated carbocycles. The highest BCUT2D eigenvalue weighted by atomic mass is 32.2. The summed E-state index contributed by atoms with van der Waals surface area (Å²) in [7, 11) is 0. The maximum atomic E-state index is 14.6. The molecule has 2 unspecified atom stereocenters. The molecule has 3 aliphatic rings. The molecule has 3 aliphatic heterocycles. The third-order valence-corrected chi connectivity index (χ3v) is 10.3. The summed E-state index contributed by atoms with van der Waals surface area (Å²) in [6.07, 6.45) is 8.73. The second kappa shape index (κ2) is 12.7. The number of aliphatic hydroxyl groups excluding tert-OH is 1. The second-order valence-electron chi connectivity index (χ2n) is 11.0. The van der Waals surface area contributed by atoms with Gasteiger partial charge in [-0.2, -0.15) is 0 Å². The minimum absolute atomic E-state index is 0.0249. The van der Waals surface area contributed by atoms with E-state index in [1.165, 1.54) is 0 Å². The predicted molar refractivity (Wildman–Crippen MR) is 156 cm³/mol. The van der Waals surface area contributed by atoms with Crippen molar-refractivity contribution >= 4 is 35.2 Å². The van der Waals surface area contributed by atoms with Crippen molar-refractivity contribution in [1.82, 2.24) is 4.90 Å². The van der Waals surface area contributed by atoms with Gasteiger partial charge in [-0.3, -0.25) is 14.4 Å². The topological polar surface area (TPSA) is 87.2 Å². The maximum Gasteiger partial charge on any atom is 0.310 e. The lowest BCUT2D eigenvalue weighted by molar-refractivity contribution is -0.154. The summed E-state index contributed by atoms with van der Waals surface area (Å²) in [6.45, 7) is 12.7. The van der Waals surface area contributed by atoms with Crippen LogP contribution in [0.5, 0.6) is 0 Å². The molecule has 1 aromatic rings. The molecule has 4 rings (SSSR count). The first kappa shape index (κ1) is 29.4. The molecule has 7 nitrogen and oxygen atoms in total. The molecule has 1 aromatic carbocycles.